The average molecular weight is 254 g/mol. The Morgan fingerprint density at radius 3 is 2.33 bits per heavy atom. The van der Waals surface area contributed by atoms with Crippen LogP contribution in [-0.4, -0.2) is 40.0 Å². The van der Waals surface area contributed by atoms with Crippen LogP contribution in [0.25, 0.3) is 0 Å². The quantitative estimate of drug-likeness (QED) is 0.719. The molecule has 0 atom stereocenters. The molecule has 0 aromatic heterocycles. The number of hydrogen-bond acceptors (Lipinski definition) is 3. The van der Waals surface area contributed by atoms with Crippen molar-refractivity contribution in [1.29, 1.82) is 0 Å². The zero-order valence-corrected chi connectivity index (χ0v) is 10.7. The summed E-state index contributed by atoms with van der Waals surface area (Å²) < 4.78 is 0. The van der Waals surface area contributed by atoms with Crippen LogP contribution in [0.2, 0.25) is 0 Å². The van der Waals surface area contributed by atoms with E-state index in [0.29, 0.717) is 12.8 Å². The van der Waals surface area contributed by atoms with E-state index in [1.54, 1.807) is 0 Å². The van der Waals surface area contributed by atoms with Crippen LogP contribution in [-0.2, 0) is 9.59 Å². The molecule has 3 amide bonds. The number of aliphatic carboxylic acids is 1. The number of imide groups is 1. The normalized spacial score (nSPS) is 25.3. The van der Waals surface area contributed by atoms with Gasteiger partial charge in [0.2, 0.25) is 0 Å². The Labute approximate surface area is 105 Å². The second-order valence-electron chi connectivity index (χ2n) is 5.96. The van der Waals surface area contributed by atoms with Gasteiger partial charge in [-0.2, -0.15) is 0 Å². The molecule has 2 N–H and O–H groups in total. The van der Waals surface area contributed by atoms with Crippen molar-refractivity contribution < 1.29 is 19.5 Å². The molecular formula is C12H18N2O4. The van der Waals surface area contributed by atoms with Crippen molar-refractivity contribution in [2.75, 3.05) is 6.54 Å². The summed E-state index contributed by atoms with van der Waals surface area (Å²) in [7, 11) is 0. The molecule has 1 heterocycles. The van der Waals surface area contributed by atoms with Gasteiger partial charge in [-0.05, 0) is 31.1 Å². The van der Waals surface area contributed by atoms with Crippen molar-refractivity contribution in [2.24, 2.45) is 5.41 Å². The molecule has 0 unspecified atom stereocenters. The van der Waals surface area contributed by atoms with Gasteiger partial charge in [-0.1, -0.05) is 13.8 Å². The van der Waals surface area contributed by atoms with E-state index in [-0.39, 0.29) is 11.3 Å². The van der Waals surface area contributed by atoms with E-state index in [9.17, 15) is 14.4 Å². The first kappa shape index (κ1) is 12.9. The van der Waals surface area contributed by atoms with Crippen LogP contribution < -0.4 is 5.32 Å². The minimum atomic E-state index is -1.17. The lowest BCUT2D eigenvalue weighted by molar-refractivity contribution is -0.143. The first-order valence-electron chi connectivity index (χ1n) is 6.12. The Morgan fingerprint density at radius 1 is 1.28 bits per heavy atom. The summed E-state index contributed by atoms with van der Waals surface area (Å²) in [5.74, 6) is -1.56. The summed E-state index contributed by atoms with van der Waals surface area (Å²) in [6.07, 6.45) is 2.86. The van der Waals surface area contributed by atoms with Gasteiger partial charge in [0.1, 0.15) is 12.1 Å². The van der Waals surface area contributed by atoms with Crippen molar-refractivity contribution in [1.82, 2.24) is 10.2 Å². The van der Waals surface area contributed by atoms with E-state index in [0.717, 1.165) is 17.7 Å². The number of carboxylic acids is 1. The topological polar surface area (TPSA) is 86.7 Å². The fraction of sp³-hybridized carbons (Fsp3) is 0.750. The lowest BCUT2D eigenvalue weighted by Gasteiger charge is -2.39. The van der Waals surface area contributed by atoms with Gasteiger partial charge in [-0.3, -0.25) is 14.5 Å². The number of nitrogens with one attached hydrogen (secondary N) is 1. The fourth-order valence-electron chi connectivity index (χ4n) is 2.65. The van der Waals surface area contributed by atoms with Crippen LogP contribution in [0.3, 0.4) is 0 Å². The van der Waals surface area contributed by atoms with Gasteiger partial charge >= 0.3 is 12.0 Å². The Hall–Kier alpha value is -1.59. The number of carbonyl (C=O) groups is 3. The molecule has 0 aromatic carbocycles. The van der Waals surface area contributed by atoms with Crippen LogP contribution >= 0.6 is 0 Å². The second kappa shape index (κ2) is 3.96. The van der Waals surface area contributed by atoms with Crippen LogP contribution in [0, 0.1) is 5.41 Å². The summed E-state index contributed by atoms with van der Waals surface area (Å²) in [5, 5.41) is 11.4. The lowest BCUT2D eigenvalue weighted by atomic mass is 9.69. The Kier molecular flexibility index (Phi) is 2.83. The van der Waals surface area contributed by atoms with Crippen LogP contribution in [0.5, 0.6) is 0 Å². The van der Waals surface area contributed by atoms with Gasteiger partial charge in [-0.15, -0.1) is 0 Å². The lowest BCUT2D eigenvalue weighted by Crippen LogP contribution is -2.51. The maximum absolute atomic E-state index is 12.2. The zero-order chi connectivity index (χ0) is 13.6. The maximum atomic E-state index is 12.2. The molecule has 6 nitrogen and oxygen atoms in total. The molecule has 0 aromatic rings. The number of urea groups is 1. The van der Waals surface area contributed by atoms with E-state index < -0.39 is 24.1 Å². The van der Waals surface area contributed by atoms with Gasteiger partial charge in [-0.25, -0.2) is 4.79 Å². The maximum Gasteiger partial charge on any atom is 0.325 e. The zero-order valence-electron chi connectivity index (χ0n) is 10.7. The number of carboxylic acid groups (broad SMARTS) is 1. The van der Waals surface area contributed by atoms with Gasteiger partial charge in [0.15, 0.2) is 0 Å². The molecule has 2 aliphatic rings. The molecule has 100 valence electrons. The summed E-state index contributed by atoms with van der Waals surface area (Å²) in [4.78, 5) is 35.4. The van der Waals surface area contributed by atoms with Gasteiger partial charge in [0, 0.05) is 0 Å². The molecule has 0 radical (unpaired) electrons. The standard InChI is InChI=1S/C12H18N2O4/c1-11(2)3-5-12(6-4-11)9(17)14(7-8(15)16)10(18)13-12/h3-7H2,1-2H3,(H,13,18)(H,15,16). The highest BCUT2D eigenvalue weighted by molar-refractivity contribution is 6.08. The highest BCUT2D eigenvalue weighted by Gasteiger charge is 2.53. The third-order valence-electron chi connectivity index (χ3n) is 4.00. The molecule has 2 rings (SSSR count). The van der Waals surface area contributed by atoms with Crippen molar-refractivity contribution in [3.63, 3.8) is 0 Å². The van der Waals surface area contributed by atoms with E-state index in [1.165, 1.54) is 0 Å². The molecule has 0 bridgehead atoms. The highest BCUT2D eigenvalue weighted by atomic mass is 16.4. The van der Waals surface area contributed by atoms with Crippen LogP contribution in [0.15, 0.2) is 0 Å². The minimum absolute atomic E-state index is 0.177. The van der Waals surface area contributed by atoms with E-state index in [1.807, 2.05) is 0 Å². The number of nitrogens with zero attached hydrogens (tertiary/aromatic N) is 1. The molecule has 18 heavy (non-hydrogen) atoms. The van der Waals surface area contributed by atoms with E-state index in [4.69, 9.17) is 5.11 Å². The van der Waals surface area contributed by atoms with Crippen molar-refractivity contribution in [3.8, 4) is 0 Å². The van der Waals surface area contributed by atoms with E-state index in [2.05, 4.69) is 19.2 Å². The van der Waals surface area contributed by atoms with Gasteiger partial charge < -0.3 is 10.4 Å². The van der Waals surface area contributed by atoms with Crippen molar-refractivity contribution in [2.45, 2.75) is 45.1 Å². The largest absolute Gasteiger partial charge is 0.480 e. The molecule has 6 heteroatoms. The first-order valence-corrected chi connectivity index (χ1v) is 6.12. The minimum Gasteiger partial charge on any atom is -0.480 e. The van der Waals surface area contributed by atoms with Crippen LogP contribution in [0.4, 0.5) is 4.79 Å². The Bertz CT molecular complexity index is 406. The number of amides is 3. The van der Waals surface area contributed by atoms with Gasteiger partial charge in [0.25, 0.3) is 5.91 Å². The first-order chi connectivity index (χ1) is 8.26. The Balaban J connectivity index is 2.15. The predicted octanol–water partition coefficient (Wildman–Crippen LogP) is 0.962. The van der Waals surface area contributed by atoms with Crippen molar-refractivity contribution >= 4 is 17.9 Å². The van der Waals surface area contributed by atoms with Crippen molar-refractivity contribution in [3.05, 3.63) is 0 Å². The highest BCUT2D eigenvalue weighted by Crippen LogP contribution is 2.42. The fourth-order valence-corrected chi connectivity index (χ4v) is 2.65. The third-order valence-corrected chi connectivity index (χ3v) is 4.00. The molecule has 2 fully saturated rings. The van der Waals surface area contributed by atoms with Crippen LogP contribution in [0.1, 0.15) is 39.5 Å². The third kappa shape index (κ3) is 2.07. The number of hydrogen-bond donors (Lipinski definition) is 2. The summed E-state index contributed by atoms with van der Waals surface area (Å²) in [6, 6.07) is -0.581. The van der Waals surface area contributed by atoms with E-state index >= 15 is 0 Å². The molecular weight excluding hydrogens is 236 g/mol. The monoisotopic (exact) mass is 254 g/mol. The molecule has 1 aliphatic carbocycles. The Morgan fingerprint density at radius 2 is 1.83 bits per heavy atom. The number of carbonyl (C=O) groups excluding carboxylic acids is 2. The molecule has 1 aliphatic heterocycles. The average Bonchev–Trinajstić information content (AvgIpc) is 2.48. The SMILES string of the molecule is CC1(C)CCC2(CC1)NC(=O)N(CC(=O)O)C2=O. The molecule has 1 saturated heterocycles. The smallest absolute Gasteiger partial charge is 0.325 e. The summed E-state index contributed by atoms with van der Waals surface area (Å²) >= 11 is 0. The summed E-state index contributed by atoms with van der Waals surface area (Å²) in [5.41, 5.74) is -0.682. The molecule has 1 spiro atoms. The number of rotatable bonds is 2. The van der Waals surface area contributed by atoms with Gasteiger partial charge in [0.05, 0.1) is 0 Å². The summed E-state index contributed by atoms with van der Waals surface area (Å²) in [6.45, 7) is 3.71. The molecule has 1 saturated carbocycles. The predicted molar refractivity (Wildman–Crippen MR) is 62.9 cm³/mol. The second-order valence-corrected chi connectivity index (χ2v) is 5.96.